The molecule has 1 N–H and O–H groups in total. The molecule has 0 aliphatic heterocycles. The maximum Gasteiger partial charge on any atom is -0.0771 e. The second kappa shape index (κ2) is 20.2. The molecule has 3 aromatic rings. The summed E-state index contributed by atoms with van der Waals surface area (Å²) in [6, 6.07) is 19.3. The van der Waals surface area contributed by atoms with Gasteiger partial charge in [0.25, 0.3) is 0 Å². The van der Waals surface area contributed by atoms with Crippen molar-refractivity contribution in [2.45, 2.75) is 12.8 Å². The van der Waals surface area contributed by atoms with E-state index in [-0.39, 0.29) is 38.8 Å². The van der Waals surface area contributed by atoms with E-state index in [4.69, 9.17) is 5.11 Å². The number of fused-ring (bicyclic) bond motifs is 3. The molecule has 0 heterocycles. The third kappa shape index (κ3) is 11.1. The summed E-state index contributed by atoms with van der Waals surface area (Å²) in [6.07, 6.45) is 10.6. The Kier molecular flexibility index (Phi) is 23.3. The van der Waals surface area contributed by atoms with Crippen molar-refractivity contribution in [3.8, 4) is 0 Å². The molecule has 0 aromatic heterocycles. The second-order valence-corrected chi connectivity index (χ2v) is 4.90. The third-order valence-electron chi connectivity index (χ3n) is 3.27. The quantitative estimate of drug-likeness (QED) is 0.317. The predicted molar refractivity (Wildman–Crippen MR) is 122 cm³/mol. The van der Waals surface area contributed by atoms with Crippen LogP contribution in [0.3, 0.4) is 0 Å². The average Bonchev–Trinajstić information content (AvgIpc) is 3.35. The van der Waals surface area contributed by atoms with Crippen molar-refractivity contribution < 1.29 is 28.4 Å². The molecule has 0 atom stereocenters. The van der Waals surface area contributed by atoms with E-state index in [0.29, 0.717) is 6.42 Å². The standard InChI is InChI=1S/C13H9.C5H5.C3H7O.CH3.2ClH.Si.Zr/c1-3-7-12-10(5-1)9-11-6-2-4-8-13(11)12;1-2-4-5-3-1;1-2-3-4;;;;;/h1-9H;1-3H,4H2;4H,1-3H2;1H3;2*1H;;/q4*-1;;;;. The Hall–Kier alpha value is -0.570. The van der Waals surface area contributed by atoms with E-state index < -0.39 is 0 Å². The predicted octanol–water partition coefficient (Wildman–Crippen LogP) is 6.13. The zero-order valence-corrected chi connectivity index (χ0v) is 20.6. The average molecular weight is 497 g/mol. The van der Waals surface area contributed by atoms with Gasteiger partial charge in [0.05, 0.1) is 0 Å². The molecule has 0 bridgehead atoms. The van der Waals surface area contributed by atoms with Gasteiger partial charge in [-0.25, -0.2) is 12.2 Å². The number of hydrogen-bond donors (Lipinski definition) is 1. The van der Waals surface area contributed by atoms with Crippen LogP contribution in [0.5, 0.6) is 0 Å². The first-order valence-corrected chi connectivity index (χ1v) is 12.0. The fourth-order valence-electron chi connectivity index (χ4n) is 2.24. The Morgan fingerprint density at radius 3 is 1.74 bits per heavy atom. The molecular weight excluding hydrogens is 470 g/mol. The maximum absolute atomic E-state index is 7.81. The minimum absolute atomic E-state index is 0. The van der Waals surface area contributed by atoms with Gasteiger partial charge in [-0.2, -0.15) is 12.5 Å². The smallest absolute Gasteiger partial charge is 0.0771 e. The van der Waals surface area contributed by atoms with E-state index in [2.05, 4.69) is 80.6 Å². The molecule has 1 aliphatic carbocycles. The summed E-state index contributed by atoms with van der Waals surface area (Å²) < 4.78 is 0. The summed E-state index contributed by atoms with van der Waals surface area (Å²) in [5.41, 5.74) is 0. The Bertz CT molecular complexity index is 722. The molecule has 1 nitrogen and oxygen atoms in total. The van der Waals surface area contributed by atoms with Gasteiger partial charge < -0.3 is 19.5 Å². The molecule has 3 aromatic carbocycles. The molecule has 1 aliphatic rings. The number of allylic oxidation sites excluding steroid dienone is 4. The summed E-state index contributed by atoms with van der Waals surface area (Å²) >= 11 is 1.36. The van der Waals surface area contributed by atoms with Crippen LogP contribution in [0.4, 0.5) is 0 Å². The van der Waals surface area contributed by atoms with E-state index in [1.54, 1.807) is 0 Å². The largest absolute Gasteiger partial charge is 0.126 e. The molecule has 5 heteroatoms. The minimum Gasteiger partial charge on any atom is -0.126 e. The monoisotopic (exact) mass is 494 g/mol. The zero-order chi connectivity index (χ0) is 17.6. The molecule has 0 saturated carbocycles. The number of halogens is 2. The van der Waals surface area contributed by atoms with E-state index in [1.807, 2.05) is 12.2 Å². The Morgan fingerprint density at radius 1 is 1.00 bits per heavy atom. The Morgan fingerprint density at radius 2 is 1.44 bits per heavy atom. The van der Waals surface area contributed by atoms with E-state index in [0.717, 1.165) is 6.42 Å². The van der Waals surface area contributed by atoms with Crippen LogP contribution in [0.2, 0.25) is 0 Å². The number of hydrogen-bond acceptors (Lipinski definition) is 1. The van der Waals surface area contributed by atoms with Crippen LogP contribution < -0.4 is 0 Å². The Balaban J connectivity index is -0.000000353. The van der Waals surface area contributed by atoms with Gasteiger partial charge in [-0.1, -0.05) is 36.4 Å². The van der Waals surface area contributed by atoms with Crippen LogP contribution in [-0.4, -0.2) is 18.6 Å². The van der Waals surface area contributed by atoms with Gasteiger partial charge in [0, 0.05) is 6.61 Å². The molecule has 0 fully saturated rings. The first-order chi connectivity index (χ1) is 11.9. The molecule has 27 heavy (non-hydrogen) atoms. The van der Waals surface area contributed by atoms with Crippen molar-refractivity contribution in [1.29, 1.82) is 0 Å². The van der Waals surface area contributed by atoms with Gasteiger partial charge in [0.1, 0.15) is 0 Å². The van der Waals surface area contributed by atoms with Gasteiger partial charge in [-0.3, -0.25) is 6.08 Å². The molecule has 0 saturated heterocycles. The molecular formula is C22H26Cl2OSiZr-4. The van der Waals surface area contributed by atoms with E-state index in [9.17, 15) is 0 Å². The summed E-state index contributed by atoms with van der Waals surface area (Å²) in [5.74, 6) is 0. The number of rotatable bonds is 1. The van der Waals surface area contributed by atoms with Gasteiger partial charge in [-0.15, -0.1) is 71.0 Å². The summed E-state index contributed by atoms with van der Waals surface area (Å²) in [6.45, 7) is 6.62. The third-order valence-corrected chi connectivity index (χ3v) is 3.27. The topological polar surface area (TPSA) is 20.2 Å². The maximum atomic E-state index is 7.81. The van der Waals surface area contributed by atoms with E-state index >= 15 is 0 Å². The van der Waals surface area contributed by atoms with Crippen molar-refractivity contribution >= 4 is 53.2 Å². The van der Waals surface area contributed by atoms with Gasteiger partial charge in [0.15, 0.2) is 0 Å². The Labute approximate surface area is 193 Å². The number of benzene rings is 2. The summed E-state index contributed by atoms with van der Waals surface area (Å²) in [5, 5.41) is 13.2. The van der Waals surface area contributed by atoms with E-state index in [1.165, 1.54) is 44.9 Å². The molecule has 2 radical (unpaired) electrons. The van der Waals surface area contributed by atoms with Crippen molar-refractivity contribution in [2.24, 2.45) is 0 Å². The van der Waals surface area contributed by atoms with Crippen LogP contribution >= 0.6 is 24.8 Å². The van der Waals surface area contributed by atoms with Crippen molar-refractivity contribution in [3.63, 3.8) is 0 Å². The zero-order valence-electron chi connectivity index (χ0n) is 15.5. The minimum atomic E-state index is 0. The van der Waals surface area contributed by atoms with Crippen LogP contribution in [0, 0.1) is 20.4 Å². The van der Waals surface area contributed by atoms with Crippen molar-refractivity contribution in [2.75, 3.05) is 6.61 Å². The van der Waals surface area contributed by atoms with Crippen LogP contribution in [-0.2, 0) is 23.3 Å². The van der Waals surface area contributed by atoms with Crippen LogP contribution in [0.25, 0.3) is 21.5 Å². The summed E-state index contributed by atoms with van der Waals surface area (Å²) in [7, 11) is 0. The van der Waals surface area contributed by atoms with Crippen LogP contribution in [0.15, 0.2) is 72.8 Å². The van der Waals surface area contributed by atoms with Gasteiger partial charge in [-0.05, 0) is 0 Å². The molecule has 0 spiro atoms. The normalized spacial score (nSPS) is 9.81. The number of aliphatic hydroxyl groups excluding tert-OH is 1. The summed E-state index contributed by atoms with van der Waals surface area (Å²) in [4.78, 5) is 0. The SMILES string of the molecule is Cl.Cl.[C-]1=CC=CC1.[CH2-]CCO.[CH3-].[Si]=[Zr].c1ccc2c(c1)[cH-]c1ccccc12. The van der Waals surface area contributed by atoms with Crippen molar-refractivity contribution in [3.05, 3.63) is 93.3 Å². The fourth-order valence-corrected chi connectivity index (χ4v) is 2.24. The van der Waals surface area contributed by atoms with Crippen molar-refractivity contribution in [1.82, 2.24) is 0 Å². The van der Waals surface area contributed by atoms with Gasteiger partial charge in [0.2, 0.25) is 0 Å². The molecule has 146 valence electrons. The molecule has 0 amide bonds. The number of aliphatic hydroxyl groups is 1. The van der Waals surface area contributed by atoms with Crippen LogP contribution in [0.1, 0.15) is 12.8 Å². The first-order valence-electron chi connectivity index (χ1n) is 7.77. The fraction of sp³-hybridized carbons (Fsp3) is 0.136. The first kappa shape index (κ1) is 31.1. The molecule has 4 rings (SSSR count). The molecule has 0 unspecified atom stereocenters. The van der Waals surface area contributed by atoms with Gasteiger partial charge >= 0.3 is 30.2 Å². The second-order valence-electron chi connectivity index (χ2n) is 4.90.